The Kier molecular flexibility index (Phi) is 4.57. The summed E-state index contributed by atoms with van der Waals surface area (Å²) >= 11 is 0. The summed E-state index contributed by atoms with van der Waals surface area (Å²) in [4.78, 5) is 27.5. The van der Waals surface area contributed by atoms with E-state index in [0.717, 1.165) is 22.6 Å². The van der Waals surface area contributed by atoms with E-state index < -0.39 is 4.92 Å². The van der Waals surface area contributed by atoms with Gasteiger partial charge in [0.2, 0.25) is 5.91 Å². The topological polar surface area (TPSA) is 98.8 Å². The maximum absolute atomic E-state index is 12.4. The molecule has 1 amide bonds. The van der Waals surface area contributed by atoms with Gasteiger partial charge in [0.25, 0.3) is 0 Å². The van der Waals surface area contributed by atoms with Crippen molar-refractivity contribution in [1.82, 2.24) is 9.38 Å². The molecule has 0 spiro atoms. The summed E-state index contributed by atoms with van der Waals surface area (Å²) in [6.07, 6.45) is 1.97. The van der Waals surface area contributed by atoms with Gasteiger partial charge in [0.15, 0.2) is 5.75 Å². The number of rotatable bonds is 5. The molecule has 1 N–H and O–H groups in total. The average Bonchev–Trinajstić information content (AvgIpc) is 2.92. The number of pyridine rings is 1. The number of aromatic nitrogens is 2. The van der Waals surface area contributed by atoms with E-state index in [1.165, 1.54) is 19.2 Å². The van der Waals surface area contributed by atoms with E-state index in [1.807, 2.05) is 36.6 Å². The molecule has 0 aliphatic heterocycles. The first-order valence-corrected chi connectivity index (χ1v) is 7.96. The van der Waals surface area contributed by atoms with E-state index in [2.05, 4.69) is 10.3 Å². The molecule has 134 valence electrons. The number of nitro benzene ring substituents is 1. The van der Waals surface area contributed by atoms with Crippen molar-refractivity contribution >= 4 is 22.9 Å². The molecule has 0 aliphatic carbocycles. The van der Waals surface area contributed by atoms with Crippen molar-refractivity contribution in [2.24, 2.45) is 0 Å². The molecular weight excluding hydrogens is 336 g/mol. The van der Waals surface area contributed by atoms with Gasteiger partial charge in [-0.25, -0.2) is 4.98 Å². The van der Waals surface area contributed by atoms with Gasteiger partial charge in [-0.2, -0.15) is 0 Å². The van der Waals surface area contributed by atoms with Crippen molar-refractivity contribution in [2.75, 3.05) is 12.4 Å². The molecule has 0 unspecified atom stereocenters. The quantitative estimate of drug-likeness (QED) is 0.561. The van der Waals surface area contributed by atoms with Crippen LogP contribution in [0.15, 0.2) is 36.5 Å². The lowest BCUT2D eigenvalue weighted by atomic mass is 10.2. The molecular formula is C18H18N4O4. The summed E-state index contributed by atoms with van der Waals surface area (Å²) in [7, 11) is 1.36. The zero-order valence-corrected chi connectivity index (χ0v) is 14.6. The summed E-state index contributed by atoms with van der Waals surface area (Å²) in [6, 6.07) is 8.16. The summed E-state index contributed by atoms with van der Waals surface area (Å²) in [5.41, 5.74) is 3.53. The number of imidazole rings is 1. The van der Waals surface area contributed by atoms with Crippen molar-refractivity contribution < 1.29 is 14.5 Å². The Morgan fingerprint density at radius 3 is 2.81 bits per heavy atom. The van der Waals surface area contributed by atoms with Gasteiger partial charge >= 0.3 is 5.69 Å². The highest BCUT2D eigenvalue weighted by Gasteiger charge is 2.18. The van der Waals surface area contributed by atoms with E-state index in [0.29, 0.717) is 5.69 Å². The second kappa shape index (κ2) is 6.83. The molecule has 0 atom stereocenters. The summed E-state index contributed by atoms with van der Waals surface area (Å²) in [5, 5.41) is 13.8. The van der Waals surface area contributed by atoms with Crippen LogP contribution in [0.5, 0.6) is 5.75 Å². The maximum atomic E-state index is 12.4. The number of methoxy groups -OCH3 is 1. The number of nitrogens with zero attached hydrogens (tertiary/aromatic N) is 3. The Balaban J connectivity index is 1.84. The van der Waals surface area contributed by atoms with Crippen LogP contribution in [0.3, 0.4) is 0 Å². The number of ether oxygens (including phenoxy) is 1. The molecule has 8 heteroatoms. The van der Waals surface area contributed by atoms with Gasteiger partial charge < -0.3 is 14.5 Å². The molecule has 3 aromatic rings. The minimum Gasteiger partial charge on any atom is -0.490 e. The van der Waals surface area contributed by atoms with Crippen molar-refractivity contribution in [2.45, 2.75) is 20.3 Å². The fraction of sp³-hybridized carbons (Fsp3) is 0.222. The maximum Gasteiger partial charge on any atom is 0.312 e. The molecule has 2 heterocycles. The van der Waals surface area contributed by atoms with Crippen LogP contribution in [0.2, 0.25) is 0 Å². The smallest absolute Gasteiger partial charge is 0.312 e. The number of hydrogen-bond donors (Lipinski definition) is 1. The van der Waals surface area contributed by atoms with E-state index in [-0.39, 0.29) is 23.8 Å². The highest BCUT2D eigenvalue weighted by Crippen LogP contribution is 2.29. The lowest BCUT2D eigenvalue weighted by Crippen LogP contribution is -2.16. The SMILES string of the molecule is COc1ccc(NC(=O)Cc2c(C)nc3c(C)cccn23)cc1[N+](=O)[O-]. The summed E-state index contributed by atoms with van der Waals surface area (Å²) in [6.45, 7) is 3.81. The predicted molar refractivity (Wildman–Crippen MR) is 96.6 cm³/mol. The molecule has 0 aliphatic rings. The molecule has 0 bridgehead atoms. The number of carbonyl (C=O) groups is 1. The number of aryl methyl sites for hydroxylation is 2. The van der Waals surface area contributed by atoms with Crippen LogP contribution in [-0.4, -0.2) is 27.3 Å². The normalized spacial score (nSPS) is 10.7. The number of anilines is 1. The van der Waals surface area contributed by atoms with Crippen LogP contribution in [0.1, 0.15) is 17.0 Å². The Labute approximate surface area is 149 Å². The molecule has 0 radical (unpaired) electrons. The van der Waals surface area contributed by atoms with E-state index in [4.69, 9.17) is 4.74 Å². The van der Waals surface area contributed by atoms with Crippen LogP contribution < -0.4 is 10.1 Å². The molecule has 0 saturated heterocycles. The Hall–Kier alpha value is -3.42. The van der Waals surface area contributed by atoms with Crippen LogP contribution in [-0.2, 0) is 11.2 Å². The predicted octanol–water partition coefficient (Wildman–Crippen LogP) is 3.05. The van der Waals surface area contributed by atoms with Crippen molar-refractivity contribution in [3.05, 3.63) is 63.6 Å². The van der Waals surface area contributed by atoms with Gasteiger partial charge in [-0.3, -0.25) is 14.9 Å². The second-order valence-electron chi connectivity index (χ2n) is 5.90. The number of nitrogens with one attached hydrogen (secondary N) is 1. The van der Waals surface area contributed by atoms with E-state index in [1.54, 1.807) is 6.07 Å². The number of benzene rings is 1. The van der Waals surface area contributed by atoms with Gasteiger partial charge in [0, 0.05) is 18.0 Å². The number of nitro groups is 1. The van der Waals surface area contributed by atoms with E-state index >= 15 is 0 Å². The molecule has 26 heavy (non-hydrogen) atoms. The molecule has 8 nitrogen and oxygen atoms in total. The average molecular weight is 354 g/mol. The first-order chi connectivity index (χ1) is 12.4. The standard InChI is InChI=1S/C18H18N4O4/c1-11-5-4-8-21-14(12(2)19-18(11)21)10-17(23)20-13-6-7-16(26-3)15(9-13)22(24)25/h4-9H,10H2,1-3H3,(H,20,23). The monoisotopic (exact) mass is 354 g/mol. The van der Waals surface area contributed by atoms with Gasteiger partial charge in [-0.05, 0) is 37.6 Å². The highest BCUT2D eigenvalue weighted by atomic mass is 16.6. The molecule has 0 saturated carbocycles. The van der Waals surface area contributed by atoms with Crippen molar-refractivity contribution in [3.8, 4) is 5.75 Å². The highest BCUT2D eigenvalue weighted by molar-refractivity contribution is 5.92. The third kappa shape index (κ3) is 3.21. The summed E-state index contributed by atoms with van der Waals surface area (Å²) in [5.74, 6) is -0.142. The molecule has 0 fully saturated rings. The third-order valence-corrected chi connectivity index (χ3v) is 4.13. The number of fused-ring (bicyclic) bond motifs is 1. The van der Waals surface area contributed by atoms with Crippen molar-refractivity contribution in [1.29, 1.82) is 0 Å². The fourth-order valence-corrected chi connectivity index (χ4v) is 2.85. The lowest BCUT2D eigenvalue weighted by molar-refractivity contribution is -0.385. The Bertz CT molecular complexity index is 1010. The van der Waals surface area contributed by atoms with Crippen molar-refractivity contribution in [3.63, 3.8) is 0 Å². The second-order valence-corrected chi connectivity index (χ2v) is 5.90. The van der Waals surface area contributed by atoms with Crippen LogP contribution in [0.4, 0.5) is 11.4 Å². The van der Waals surface area contributed by atoms with E-state index in [9.17, 15) is 14.9 Å². The van der Waals surface area contributed by atoms with Crippen LogP contribution in [0.25, 0.3) is 5.65 Å². The first kappa shape index (κ1) is 17.4. The zero-order chi connectivity index (χ0) is 18.8. The lowest BCUT2D eigenvalue weighted by Gasteiger charge is -2.08. The number of hydrogen-bond acceptors (Lipinski definition) is 5. The zero-order valence-electron chi connectivity index (χ0n) is 14.6. The van der Waals surface area contributed by atoms with Gasteiger partial charge in [0.05, 0.1) is 29.8 Å². The first-order valence-electron chi connectivity index (χ1n) is 7.96. The van der Waals surface area contributed by atoms with Crippen LogP contribution >= 0.6 is 0 Å². The molecule has 3 rings (SSSR count). The third-order valence-electron chi connectivity index (χ3n) is 4.13. The molecule has 1 aromatic carbocycles. The van der Waals surface area contributed by atoms with Gasteiger partial charge in [-0.15, -0.1) is 0 Å². The summed E-state index contributed by atoms with van der Waals surface area (Å²) < 4.78 is 6.85. The minimum atomic E-state index is -0.550. The van der Waals surface area contributed by atoms with Gasteiger partial charge in [-0.1, -0.05) is 6.07 Å². The Morgan fingerprint density at radius 2 is 2.12 bits per heavy atom. The number of amides is 1. The van der Waals surface area contributed by atoms with Crippen LogP contribution in [0, 0.1) is 24.0 Å². The Morgan fingerprint density at radius 1 is 1.35 bits per heavy atom. The van der Waals surface area contributed by atoms with Gasteiger partial charge in [0.1, 0.15) is 5.65 Å². The minimum absolute atomic E-state index is 0.107. The largest absolute Gasteiger partial charge is 0.490 e. The fourth-order valence-electron chi connectivity index (χ4n) is 2.85. The molecule has 2 aromatic heterocycles. The number of carbonyl (C=O) groups excluding carboxylic acids is 1.